The quantitative estimate of drug-likeness (QED) is 0.809. The summed E-state index contributed by atoms with van der Waals surface area (Å²) in [4.78, 5) is 4.51. The molecule has 0 aliphatic heterocycles. The maximum absolute atomic E-state index is 5.45. The SMILES string of the molecule is NCCCc1nc2ccccc2s1. The number of rotatable bonds is 3. The molecule has 0 bridgehead atoms. The molecule has 0 radical (unpaired) electrons. The summed E-state index contributed by atoms with van der Waals surface area (Å²) in [6.45, 7) is 0.746. The van der Waals surface area contributed by atoms with Gasteiger partial charge >= 0.3 is 0 Å². The van der Waals surface area contributed by atoms with Crippen LogP contribution in [-0.4, -0.2) is 11.5 Å². The van der Waals surface area contributed by atoms with E-state index < -0.39 is 0 Å². The summed E-state index contributed by atoms with van der Waals surface area (Å²) in [6.07, 6.45) is 2.04. The van der Waals surface area contributed by atoms with Gasteiger partial charge in [0.2, 0.25) is 0 Å². The second-order valence-corrected chi connectivity index (χ2v) is 4.08. The minimum Gasteiger partial charge on any atom is -0.330 e. The van der Waals surface area contributed by atoms with Crippen molar-refractivity contribution in [3.8, 4) is 0 Å². The van der Waals surface area contributed by atoms with E-state index in [0.29, 0.717) is 0 Å². The van der Waals surface area contributed by atoms with Crippen molar-refractivity contribution < 1.29 is 0 Å². The average Bonchev–Trinajstić information content (AvgIpc) is 2.57. The Morgan fingerprint density at radius 1 is 1.31 bits per heavy atom. The molecule has 1 heterocycles. The van der Waals surface area contributed by atoms with Gasteiger partial charge in [0.05, 0.1) is 15.2 Å². The molecule has 0 saturated heterocycles. The summed E-state index contributed by atoms with van der Waals surface area (Å²) in [5.74, 6) is 0. The number of nitrogens with zero attached hydrogens (tertiary/aromatic N) is 1. The van der Waals surface area contributed by atoms with E-state index in [-0.39, 0.29) is 0 Å². The van der Waals surface area contributed by atoms with Gasteiger partial charge < -0.3 is 5.73 Å². The highest BCUT2D eigenvalue weighted by Gasteiger charge is 2.01. The first-order valence-electron chi connectivity index (χ1n) is 4.44. The fourth-order valence-corrected chi connectivity index (χ4v) is 2.29. The van der Waals surface area contributed by atoms with Gasteiger partial charge in [-0.3, -0.25) is 0 Å². The summed E-state index contributed by atoms with van der Waals surface area (Å²) >= 11 is 1.77. The third kappa shape index (κ3) is 1.87. The molecule has 68 valence electrons. The van der Waals surface area contributed by atoms with Crippen molar-refractivity contribution >= 4 is 21.6 Å². The third-order valence-electron chi connectivity index (χ3n) is 1.93. The minimum absolute atomic E-state index is 0.746. The first kappa shape index (κ1) is 8.66. The number of fused-ring (bicyclic) bond motifs is 1. The Morgan fingerprint density at radius 3 is 2.92 bits per heavy atom. The summed E-state index contributed by atoms with van der Waals surface area (Å²) in [7, 11) is 0. The van der Waals surface area contributed by atoms with Crippen LogP contribution < -0.4 is 5.73 Å². The van der Waals surface area contributed by atoms with Gasteiger partial charge in [-0.2, -0.15) is 0 Å². The van der Waals surface area contributed by atoms with Crippen LogP contribution in [0.5, 0.6) is 0 Å². The van der Waals surface area contributed by atoms with Crippen molar-refractivity contribution in [3.05, 3.63) is 29.3 Å². The fraction of sp³-hybridized carbons (Fsp3) is 0.300. The van der Waals surface area contributed by atoms with Crippen LogP contribution in [0.15, 0.2) is 24.3 Å². The van der Waals surface area contributed by atoms with Crippen LogP contribution >= 0.6 is 11.3 Å². The Morgan fingerprint density at radius 2 is 2.15 bits per heavy atom. The monoisotopic (exact) mass is 192 g/mol. The predicted octanol–water partition coefficient (Wildman–Crippen LogP) is 2.19. The highest BCUT2D eigenvalue weighted by atomic mass is 32.1. The lowest BCUT2D eigenvalue weighted by molar-refractivity contribution is 0.828. The maximum atomic E-state index is 5.45. The van der Waals surface area contributed by atoms with E-state index in [2.05, 4.69) is 17.1 Å². The Labute approximate surface area is 81.4 Å². The largest absolute Gasteiger partial charge is 0.330 e. The molecule has 0 fully saturated rings. The second kappa shape index (κ2) is 3.85. The molecule has 0 atom stereocenters. The second-order valence-electron chi connectivity index (χ2n) is 2.97. The van der Waals surface area contributed by atoms with Crippen LogP contribution in [0.2, 0.25) is 0 Å². The van der Waals surface area contributed by atoms with Gasteiger partial charge in [-0.25, -0.2) is 4.98 Å². The van der Waals surface area contributed by atoms with Crippen LogP contribution in [0, 0.1) is 0 Å². The lowest BCUT2D eigenvalue weighted by atomic mass is 10.3. The standard InChI is InChI=1S/C10H12N2S/c11-7-3-6-10-12-8-4-1-2-5-9(8)13-10/h1-2,4-5H,3,6-7,11H2. The molecule has 3 heteroatoms. The van der Waals surface area contributed by atoms with Crippen LogP contribution in [0.1, 0.15) is 11.4 Å². The zero-order valence-corrected chi connectivity index (χ0v) is 8.18. The number of aryl methyl sites for hydroxylation is 1. The Hall–Kier alpha value is -0.930. The van der Waals surface area contributed by atoms with E-state index in [1.54, 1.807) is 11.3 Å². The highest BCUT2D eigenvalue weighted by molar-refractivity contribution is 7.18. The molecule has 2 rings (SSSR count). The van der Waals surface area contributed by atoms with Gasteiger partial charge in [0.25, 0.3) is 0 Å². The normalized spacial score (nSPS) is 10.8. The number of benzene rings is 1. The summed E-state index contributed by atoms with van der Waals surface area (Å²) < 4.78 is 1.27. The zero-order chi connectivity index (χ0) is 9.10. The smallest absolute Gasteiger partial charge is 0.0939 e. The van der Waals surface area contributed by atoms with Crippen LogP contribution in [0.3, 0.4) is 0 Å². The van der Waals surface area contributed by atoms with Gasteiger partial charge in [-0.05, 0) is 25.1 Å². The molecule has 2 N–H and O–H groups in total. The van der Waals surface area contributed by atoms with Crippen molar-refractivity contribution in [1.29, 1.82) is 0 Å². The average molecular weight is 192 g/mol. The molecular weight excluding hydrogens is 180 g/mol. The van der Waals surface area contributed by atoms with E-state index in [1.165, 1.54) is 9.71 Å². The number of para-hydroxylation sites is 1. The summed E-state index contributed by atoms with van der Waals surface area (Å²) in [5.41, 5.74) is 6.56. The lowest BCUT2D eigenvalue weighted by Crippen LogP contribution is -1.99. The number of aromatic nitrogens is 1. The molecular formula is C10H12N2S. The van der Waals surface area contributed by atoms with Gasteiger partial charge in [-0.1, -0.05) is 12.1 Å². The van der Waals surface area contributed by atoms with E-state index in [9.17, 15) is 0 Å². The van der Waals surface area contributed by atoms with Crippen molar-refractivity contribution in [2.75, 3.05) is 6.54 Å². The number of hydrogen-bond donors (Lipinski definition) is 1. The lowest BCUT2D eigenvalue weighted by Gasteiger charge is -1.89. The molecule has 0 aliphatic rings. The van der Waals surface area contributed by atoms with E-state index in [1.807, 2.05) is 12.1 Å². The van der Waals surface area contributed by atoms with Crippen molar-refractivity contribution in [1.82, 2.24) is 4.98 Å². The number of hydrogen-bond acceptors (Lipinski definition) is 3. The van der Waals surface area contributed by atoms with Gasteiger partial charge in [0.1, 0.15) is 0 Å². The van der Waals surface area contributed by atoms with E-state index in [4.69, 9.17) is 5.73 Å². The molecule has 2 aromatic rings. The molecule has 0 aliphatic carbocycles. The van der Waals surface area contributed by atoms with Crippen LogP contribution in [0.25, 0.3) is 10.2 Å². The van der Waals surface area contributed by atoms with Crippen molar-refractivity contribution in [2.45, 2.75) is 12.8 Å². The first-order chi connectivity index (χ1) is 6.40. The number of thiazole rings is 1. The molecule has 0 saturated carbocycles. The van der Waals surface area contributed by atoms with Gasteiger partial charge in [-0.15, -0.1) is 11.3 Å². The number of nitrogens with two attached hydrogens (primary N) is 1. The van der Waals surface area contributed by atoms with Crippen LogP contribution in [0.4, 0.5) is 0 Å². The van der Waals surface area contributed by atoms with E-state index >= 15 is 0 Å². The van der Waals surface area contributed by atoms with Crippen molar-refractivity contribution in [3.63, 3.8) is 0 Å². The van der Waals surface area contributed by atoms with Crippen LogP contribution in [-0.2, 0) is 6.42 Å². The fourth-order valence-electron chi connectivity index (χ4n) is 1.28. The highest BCUT2D eigenvalue weighted by Crippen LogP contribution is 2.22. The van der Waals surface area contributed by atoms with Gasteiger partial charge in [0.15, 0.2) is 0 Å². The predicted molar refractivity (Wildman–Crippen MR) is 57.0 cm³/mol. The molecule has 1 aromatic heterocycles. The Bertz CT molecular complexity index is 361. The molecule has 1 aromatic carbocycles. The van der Waals surface area contributed by atoms with Crippen molar-refractivity contribution in [2.24, 2.45) is 5.73 Å². The molecule has 13 heavy (non-hydrogen) atoms. The zero-order valence-electron chi connectivity index (χ0n) is 7.36. The van der Waals surface area contributed by atoms with E-state index in [0.717, 1.165) is 24.9 Å². The van der Waals surface area contributed by atoms with Gasteiger partial charge in [0, 0.05) is 6.42 Å². The Kier molecular flexibility index (Phi) is 2.57. The summed E-state index contributed by atoms with van der Waals surface area (Å²) in [5, 5.41) is 1.20. The molecule has 0 amide bonds. The third-order valence-corrected chi connectivity index (χ3v) is 3.03. The molecule has 2 nitrogen and oxygen atoms in total. The first-order valence-corrected chi connectivity index (χ1v) is 5.26. The maximum Gasteiger partial charge on any atom is 0.0939 e. The summed E-state index contributed by atoms with van der Waals surface area (Å²) in [6, 6.07) is 8.23. The Balaban J connectivity index is 2.28. The molecule has 0 spiro atoms. The molecule has 0 unspecified atom stereocenters. The topological polar surface area (TPSA) is 38.9 Å². The minimum atomic E-state index is 0.746.